The molecule has 1 amide bonds. The topological polar surface area (TPSA) is 90.6 Å². The first-order valence-electron chi connectivity index (χ1n) is 9.50. The SMILES string of the molecule is Cc1cc(C)c2cc(CCNC(=O)c3n[nH]c4c3CCCC4)c(=O)[nH]c2c1. The van der Waals surface area contributed by atoms with Gasteiger partial charge in [0.15, 0.2) is 5.69 Å². The van der Waals surface area contributed by atoms with Crippen LogP contribution in [0.4, 0.5) is 0 Å². The number of hydrogen-bond acceptors (Lipinski definition) is 3. The Bertz CT molecular complexity index is 1080. The smallest absolute Gasteiger partial charge is 0.272 e. The summed E-state index contributed by atoms with van der Waals surface area (Å²) in [5.41, 5.74) is 6.33. The standard InChI is InChI=1S/C21H24N4O2/c1-12-9-13(2)16-11-14(20(26)23-18(16)10-12)7-8-22-21(27)19-15-5-3-4-6-17(15)24-25-19/h9-11H,3-8H2,1-2H3,(H,22,27)(H,23,26)(H,24,25). The molecule has 140 valence electrons. The average Bonchev–Trinajstić information content (AvgIpc) is 3.06. The number of carbonyl (C=O) groups is 1. The van der Waals surface area contributed by atoms with Crippen LogP contribution in [0.1, 0.15) is 51.3 Å². The lowest BCUT2D eigenvalue weighted by molar-refractivity contribution is 0.0948. The van der Waals surface area contributed by atoms with Crippen LogP contribution in [0.2, 0.25) is 0 Å². The number of aromatic amines is 2. The number of H-pyrrole nitrogens is 2. The van der Waals surface area contributed by atoms with Crippen LogP contribution in [0.5, 0.6) is 0 Å². The molecule has 6 nitrogen and oxygen atoms in total. The number of rotatable bonds is 4. The summed E-state index contributed by atoms with van der Waals surface area (Å²) in [4.78, 5) is 27.8. The molecule has 0 saturated heterocycles. The van der Waals surface area contributed by atoms with Gasteiger partial charge in [0.25, 0.3) is 11.5 Å². The second-order valence-corrected chi connectivity index (χ2v) is 7.41. The van der Waals surface area contributed by atoms with Crippen molar-refractivity contribution >= 4 is 16.8 Å². The normalized spacial score (nSPS) is 13.6. The van der Waals surface area contributed by atoms with Gasteiger partial charge in [-0.15, -0.1) is 0 Å². The van der Waals surface area contributed by atoms with E-state index >= 15 is 0 Å². The largest absolute Gasteiger partial charge is 0.350 e. The molecule has 0 fully saturated rings. The summed E-state index contributed by atoms with van der Waals surface area (Å²) in [5, 5.41) is 11.1. The van der Waals surface area contributed by atoms with Gasteiger partial charge in [0.05, 0.1) is 0 Å². The third-order valence-corrected chi connectivity index (χ3v) is 5.34. The number of aromatic nitrogens is 3. The molecule has 0 atom stereocenters. The highest BCUT2D eigenvalue weighted by Crippen LogP contribution is 2.22. The minimum atomic E-state index is -0.168. The van der Waals surface area contributed by atoms with Crippen molar-refractivity contribution < 1.29 is 4.79 Å². The molecule has 3 N–H and O–H groups in total. The lowest BCUT2D eigenvalue weighted by Crippen LogP contribution is -2.28. The Morgan fingerprint density at radius 1 is 1.19 bits per heavy atom. The number of pyridine rings is 1. The minimum Gasteiger partial charge on any atom is -0.350 e. The molecule has 2 heterocycles. The van der Waals surface area contributed by atoms with E-state index in [4.69, 9.17) is 0 Å². The molecule has 4 rings (SSSR count). The number of fused-ring (bicyclic) bond motifs is 2. The first kappa shape index (κ1) is 17.5. The molecule has 1 aliphatic rings. The number of benzene rings is 1. The van der Waals surface area contributed by atoms with Gasteiger partial charge in [0.2, 0.25) is 0 Å². The van der Waals surface area contributed by atoms with E-state index in [1.807, 2.05) is 26.0 Å². The Morgan fingerprint density at radius 2 is 2.00 bits per heavy atom. The van der Waals surface area contributed by atoms with E-state index in [0.717, 1.165) is 59.0 Å². The molecule has 6 heteroatoms. The predicted molar refractivity (Wildman–Crippen MR) is 105 cm³/mol. The van der Waals surface area contributed by atoms with Gasteiger partial charge in [-0.05, 0) is 69.2 Å². The van der Waals surface area contributed by atoms with Crippen LogP contribution in [0, 0.1) is 13.8 Å². The van der Waals surface area contributed by atoms with E-state index in [0.29, 0.717) is 24.2 Å². The van der Waals surface area contributed by atoms with Gasteiger partial charge in [-0.3, -0.25) is 14.7 Å². The van der Waals surface area contributed by atoms with E-state index in [-0.39, 0.29) is 11.5 Å². The van der Waals surface area contributed by atoms with E-state index < -0.39 is 0 Å². The van der Waals surface area contributed by atoms with Gasteiger partial charge in [-0.2, -0.15) is 5.10 Å². The van der Waals surface area contributed by atoms with Gasteiger partial charge < -0.3 is 10.3 Å². The zero-order valence-electron chi connectivity index (χ0n) is 15.7. The maximum atomic E-state index is 12.5. The summed E-state index contributed by atoms with van der Waals surface area (Å²) in [5.74, 6) is -0.168. The lowest BCUT2D eigenvalue weighted by atomic mass is 9.96. The highest BCUT2D eigenvalue weighted by atomic mass is 16.2. The lowest BCUT2D eigenvalue weighted by Gasteiger charge is -2.11. The van der Waals surface area contributed by atoms with E-state index in [9.17, 15) is 9.59 Å². The van der Waals surface area contributed by atoms with E-state index in [1.165, 1.54) is 0 Å². The molecule has 3 aromatic rings. The molecule has 0 radical (unpaired) electrons. The van der Waals surface area contributed by atoms with Gasteiger partial charge in [0, 0.05) is 34.3 Å². The Balaban J connectivity index is 1.47. The van der Waals surface area contributed by atoms with Crippen LogP contribution in [0.25, 0.3) is 10.9 Å². The summed E-state index contributed by atoms with van der Waals surface area (Å²) in [6, 6.07) is 6.02. The summed E-state index contributed by atoms with van der Waals surface area (Å²) < 4.78 is 0. The maximum Gasteiger partial charge on any atom is 0.272 e. The maximum absolute atomic E-state index is 12.5. The van der Waals surface area contributed by atoms with Crippen molar-refractivity contribution in [3.8, 4) is 0 Å². The van der Waals surface area contributed by atoms with Crippen LogP contribution in [0.15, 0.2) is 23.0 Å². The molecule has 0 unspecified atom stereocenters. The van der Waals surface area contributed by atoms with Crippen molar-refractivity contribution in [1.82, 2.24) is 20.5 Å². The van der Waals surface area contributed by atoms with Crippen molar-refractivity contribution in [3.63, 3.8) is 0 Å². The van der Waals surface area contributed by atoms with Gasteiger partial charge in [-0.25, -0.2) is 0 Å². The Labute approximate surface area is 157 Å². The van der Waals surface area contributed by atoms with Gasteiger partial charge in [-0.1, -0.05) is 6.07 Å². The van der Waals surface area contributed by atoms with Crippen LogP contribution in [0.3, 0.4) is 0 Å². The second-order valence-electron chi connectivity index (χ2n) is 7.41. The molecular formula is C21H24N4O2. The fourth-order valence-corrected chi connectivity index (χ4v) is 3.96. The molecule has 0 spiro atoms. The van der Waals surface area contributed by atoms with E-state index in [2.05, 4.69) is 26.6 Å². The van der Waals surface area contributed by atoms with Crippen molar-refractivity contribution in [2.75, 3.05) is 6.54 Å². The first-order chi connectivity index (χ1) is 13.0. The number of carbonyl (C=O) groups excluding carboxylic acids is 1. The van der Waals surface area contributed by atoms with Crippen LogP contribution >= 0.6 is 0 Å². The Hall–Kier alpha value is -2.89. The van der Waals surface area contributed by atoms with Crippen molar-refractivity contribution in [2.45, 2.75) is 46.0 Å². The van der Waals surface area contributed by atoms with Crippen LogP contribution in [-0.4, -0.2) is 27.6 Å². The van der Waals surface area contributed by atoms with Crippen molar-refractivity contribution in [1.29, 1.82) is 0 Å². The predicted octanol–water partition coefficient (Wildman–Crippen LogP) is 2.72. The van der Waals surface area contributed by atoms with Crippen molar-refractivity contribution in [2.24, 2.45) is 0 Å². The third kappa shape index (κ3) is 3.39. The van der Waals surface area contributed by atoms with Crippen molar-refractivity contribution in [3.05, 3.63) is 62.2 Å². The molecule has 27 heavy (non-hydrogen) atoms. The summed E-state index contributed by atoms with van der Waals surface area (Å²) >= 11 is 0. The number of aryl methyl sites for hydroxylation is 3. The third-order valence-electron chi connectivity index (χ3n) is 5.34. The molecular weight excluding hydrogens is 340 g/mol. The van der Waals surface area contributed by atoms with Gasteiger partial charge >= 0.3 is 0 Å². The quantitative estimate of drug-likeness (QED) is 0.665. The zero-order chi connectivity index (χ0) is 19.0. The number of amides is 1. The summed E-state index contributed by atoms with van der Waals surface area (Å²) in [6.45, 7) is 4.46. The van der Waals surface area contributed by atoms with E-state index in [1.54, 1.807) is 0 Å². The number of nitrogens with one attached hydrogen (secondary N) is 3. The minimum absolute atomic E-state index is 0.0982. The Morgan fingerprint density at radius 3 is 2.85 bits per heavy atom. The summed E-state index contributed by atoms with van der Waals surface area (Å²) in [6.07, 6.45) is 4.58. The highest BCUT2D eigenvalue weighted by molar-refractivity contribution is 5.94. The average molecular weight is 364 g/mol. The number of hydrogen-bond donors (Lipinski definition) is 3. The van der Waals surface area contributed by atoms with Crippen LogP contribution in [-0.2, 0) is 19.3 Å². The molecule has 0 bridgehead atoms. The molecule has 2 aromatic heterocycles. The number of nitrogens with zero attached hydrogens (tertiary/aromatic N) is 1. The monoisotopic (exact) mass is 364 g/mol. The zero-order valence-corrected chi connectivity index (χ0v) is 15.7. The second kappa shape index (κ2) is 7.02. The van der Waals surface area contributed by atoms with Gasteiger partial charge in [0.1, 0.15) is 0 Å². The van der Waals surface area contributed by atoms with Crippen LogP contribution < -0.4 is 10.9 Å². The molecule has 0 aliphatic heterocycles. The Kier molecular flexibility index (Phi) is 4.56. The molecule has 1 aliphatic carbocycles. The molecule has 0 saturated carbocycles. The molecule has 1 aromatic carbocycles. The highest BCUT2D eigenvalue weighted by Gasteiger charge is 2.21. The summed E-state index contributed by atoms with van der Waals surface area (Å²) in [7, 11) is 0. The first-order valence-corrected chi connectivity index (χ1v) is 9.50. The fraction of sp³-hybridized carbons (Fsp3) is 0.381. The fourth-order valence-electron chi connectivity index (χ4n) is 3.96.